The molecule has 0 spiro atoms. The summed E-state index contributed by atoms with van der Waals surface area (Å²) in [5.41, 5.74) is 2.32. The van der Waals surface area contributed by atoms with E-state index < -0.39 is 0 Å². The lowest BCUT2D eigenvalue weighted by Crippen LogP contribution is -2.29. The molecule has 0 radical (unpaired) electrons. The van der Waals surface area contributed by atoms with Gasteiger partial charge >= 0.3 is 0 Å². The fourth-order valence-corrected chi connectivity index (χ4v) is 2.01. The molecule has 1 aromatic heterocycles. The quantitative estimate of drug-likeness (QED) is 0.799. The van der Waals surface area contributed by atoms with Crippen molar-refractivity contribution in [2.75, 3.05) is 6.54 Å². The summed E-state index contributed by atoms with van der Waals surface area (Å²) in [6.07, 6.45) is 1.85. The summed E-state index contributed by atoms with van der Waals surface area (Å²) < 4.78 is 1.01. The second-order valence-corrected chi connectivity index (χ2v) is 6.16. The number of nitrogens with one attached hydrogen (secondary N) is 1. The molecular formula is C15H23BrN2. The molecule has 1 heterocycles. The first kappa shape index (κ1) is 15.4. The summed E-state index contributed by atoms with van der Waals surface area (Å²) in [5.74, 6) is 0.745. The monoisotopic (exact) mass is 310 g/mol. The molecule has 3 heteroatoms. The molecule has 0 aliphatic rings. The molecule has 1 aromatic rings. The van der Waals surface area contributed by atoms with Crippen LogP contribution in [0.3, 0.4) is 0 Å². The molecule has 2 nitrogen and oxygen atoms in total. The number of hydrogen-bond acceptors (Lipinski definition) is 2. The minimum Gasteiger partial charge on any atom is -0.314 e. The lowest BCUT2D eigenvalue weighted by molar-refractivity contribution is 0.529. The van der Waals surface area contributed by atoms with Gasteiger partial charge in [0.25, 0.3) is 0 Å². The molecule has 0 fully saturated rings. The van der Waals surface area contributed by atoms with Crippen molar-refractivity contribution in [3.05, 3.63) is 40.6 Å². The van der Waals surface area contributed by atoms with E-state index in [1.807, 2.05) is 12.3 Å². The van der Waals surface area contributed by atoms with Gasteiger partial charge in [-0.2, -0.15) is 0 Å². The Morgan fingerprint density at radius 3 is 2.44 bits per heavy atom. The Balaban J connectivity index is 2.89. The van der Waals surface area contributed by atoms with Crippen molar-refractivity contribution in [3.8, 4) is 0 Å². The minimum atomic E-state index is 0.278. The summed E-state index contributed by atoms with van der Waals surface area (Å²) in [7, 11) is 0. The Labute approximate surface area is 119 Å². The van der Waals surface area contributed by atoms with Crippen LogP contribution in [0, 0.1) is 5.92 Å². The highest BCUT2D eigenvalue weighted by Crippen LogP contribution is 2.27. The minimum absolute atomic E-state index is 0.278. The van der Waals surface area contributed by atoms with Crippen LogP contribution >= 0.6 is 15.9 Å². The van der Waals surface area contributed by atoms with Gasteiger partial charge in [-0.25, -0.2) is 0 Å². The molecule has 1 rings (SSSR count). The first-order valence-electron chi connectivity index (χ1n) is 6.45. The van der Waals surface area contributed by atoms with Crippen LogP contribution in [0.1, 0.15) is 39.3 Å². The zero-order chi connectivity index (χ0) is 13.7. The Kier molecular flexibility index (Phi) is 6.03. The molecule has 0 bridgehead atoms. The molecule has 0 aliphatic heterocycles. The van der Waals surface area contributed by atoms with E-state index in [1.165, 1.54) is 5.57 Å². The molecule has 18 heavy (non-hydrogen) atoms. The van der Waals surface area contributed by atoms with E-state index in [4.69, 9.17) is 0 Å². The van der Waals surface area contributed by atoms with Gasteiger partial charge in [-0.05, 0) is 34.0 Å². The van der Waals surface area contributed by atoms with Crippen LogP contribution in [-0.2, 0) is 0 Å². The van der Waals surface area contributed by atoms with E-state index in [0.717, 1.165) is 16.7 Å². The van der Waals surface area contributed by atoms with Gasteiger partial charge < -0.3 is 5.32 Å². The van der Waals surface area contributed by atoms with Crippen LogP contribution in [0.15, 0.2) is 35.0 Å². The average molecular weight is 311 g/mol. The fraction of sp³-hybridized carbons (Fsp3) is 0.533. The van der Waals surface area contributed by atoms with Crippen molar-refractivity contribution in [2.24, 2.45) is 5.92 Å². The number of halogens is 1. The van der Waals surface area contributed by atoms with Gasteiger partial charge in [0.15, 0.2) is 0 Å². The molecular weight excluding hydrogens is 288 g/mol. The first-order valence-corrected chi connectivity index (χ1v) is 7.24. The van der Waals surface area contributed by atoms with Crippen molar-refractivity contribution < 1.29 is 0 Å². The molecule has 0 amide bonds. The predicted molar refractivity (Wildman–Crippen MR) is 81.8 cm³/mol. The zero-order valence-electron chi connectivity index (χ0n) is 11.7. The van der Waals surface area contributed by atoms with Gasteiger partial charge in [-0.1, -0.05) is 39.8 Å². The fourth-order valence-electron chi connectivity index (χ4n) is 1.77. The highest BCUT2D eigenvalue weighted by Gasteiger charge is 2.19. The number of nitrogens with zero attached hydrogens (tertiary/aromatic N) is 1. The second kappa shape index (κ2) is 7.05. The normalized spacial score (nSPS) is 13.1. The SMILES string of the molecule is C=C(C(C)C)[C@H](CNC(C)C)c1ccc(Br)cn1. The van der Waals surface area contributed by atoms with Crippen LogP contribution in [0.4, 0.5) is 0 Å². The Morgan fingerprint density at radius 2 is 2.00 bits per heavy atom. The number of rotatable bonds is 6. The lowest BCUT2D eigenvalue weighted by atomic mass is 9.88. The average Bonchev–Trinajstić information content (AvgIpc) is 2.30. The van der Waals surface area contributed by atoms with Crippen LogP contribution in [0.5, 0.6) is 0 Å². The van der Waals surface area contributed by atoms with E-state index in [1.54, 1.807) is 0 Å². The molecule has 100 valence electrons. The number of aromatic nitrogens is 1. The number of pyridine rings is 1. The maximum absolute atomic E-state index is 4.51. The van der Waals surface area contributed by atoms with E-state index >= 15 is 0 Å². The molecule has 0 aromatic carbocycles. The first-order chi connectivity index (χ1) is 8.41. The van der Waals surface area contributed by atoms with Crippen molar-refractivity contribution in [3.63, 3.8) is 0 Å². The summed E-state index contributed by atoms with van der Waals surface area (Å²) in [5, 5.41) is 3.48. The third-order valence-corrected chi connectivity index (χ3v) is 3.50. The van der Waals surface area contributed by atoms with E-state index in [-0.39, 0.29) is 5.92 Å². The lowest BCUT2D eigenvalue weighted by Gasteiger charge is -2.23. The number of hydrogen-bond donors (Lipinski definition) is 1. The van der Waals surface area contributed by atoms with Crippen molar-refractivity contribution in [2.45, 2.75) is 39.7 Å². The summed E-state index contributed by atoms with van der Waals surface area (Å²) in [6.45, 7) is 13.8. The van der Waals surface area contributed by atoms with E-state index in [0.29, 0.717) is 12.0 Å². The smallest absolute Gasteiger partial charge is 0.0488 e. The second-order valence-electron chi connectivity index (χ2n) is 5.25. The molecule has 0 aliphatic carbocycles. The van der Waals surface area contributed by atoms with Crippen LogP contribution in [-0.4, -0.2) is 17.6 Å². The third-order valence-electron chi connectivity index (χ3n) is 3.03. The topological polar surface area (TPSA) is 24.9 Å². The molecule has 1 atom stereocenters. The van der Waals surface area contributed by atoms with Crippen LogP contribution < -0.4 is 5.32 Å². The standard InChI is InChI=1S/C15H23BrN2/c1-10(2)12(5)14(9-17-11(3)4)15-7-6-13(16)8-18-15/h6-8,10-11,14,17H,5,9H2,1-4H3/t14-/m0/s1. The largest absolute Gasteiger partial charge is 0.314 e. The molecule has 0 saturated carbocycles. The highest BCUT2D eigenvalue weighted by molar-refractivity contribution is 9.10. The zero-order valence-corrected chi connectivity index (χ0v) is 13.3. The summed E-state index contributed by atoms with van der Waals surface area (Å²) in [6, 6.07) is 4.59. The summed E-state index contributed by atoms with van der Waals surface area (Å²) >= 11 is 3.42. The Bertz CT molecular complexity index is 382. The molecule has 0 saturated heterocycles. The maximum atomic E-state index is 4.51. The highest BCUT2D eigenvalue weighted by atomic mass is 79.9. The van der Waals surface area contributed by atoms with Gasteiger partial charge in [0.1, 0.15) is 0 Å². The Hall–Kier alpha value is -0.670. The van der Waals surface area contributed by atoms with Gasteiger partial charge in [0.2, 0.25) is 0 Å². The molecule has 1 N–H and O–H groups in total. The van der Waals surface area contributed by atoms with Gasteiger partial charge in [0.05, 0.1) is 0 Å². The predicted octanol–water partition coefficient (Wildman–Crippen LogP) is 4.14. The third kappa shape index (κ3) is 4.54. The van der Waals surface area contributed by atoms with Gasteiger partial charge in [0, 0.05) is 34.9 Å². The van der Waals surface area contributed by atoms with Gasteiger partial charge in [-0.15, -0.1) is 0 Å². The molecule has 0 unspecified atom stereocenters. The maximum Gasteiger partial charge on any atom is 0.0488 e. The van der Waals surface area contributed by atoms with Crippen LogP contribution in [0.2, 0.25) is 0 Å². The van der Waals surface area contributed by atoms with Crippen molar-refractivity contribution >= 4 is 15.9 Å². The Morgan fingerprint density at radius 1 is 1.33 bits per heavy atom. The van der Waals surface area contributed by atoms with Crippen molar-refractivity contribution in [1.29, 1.82) is 0 Å². The summed E-state index contributed by atoms with van der Waals surface area (Å²) in [4.78, 5) is 4.51. The van der Waals surface area contributed by atoms with E-state index in [9.17, 15) is 0 Å². The van der Waals surface area contributed by atoms with Crippen molar-refractivity contribution in [1.82, 2.24) is 10.3 Å². The van der Waals surface area contributed by atoms with Crippen LogP contribution in [0.25, 0.3) is 0 Å². The van der Waals surface area contributed by atoms with Gasteiger partial charge in [-0.3, -0.25) is 4.98 Å². The van der Waals surface area contributed by atoms with E-state index in [2.05, 4.69) is 66.6 Å².